The van der Waals surface area contributed by atoms with Gasteiger partial charge in [-0.3, -0.25) is 0 Å². The molecule has 4 nitrogen and oxygen atoms in total. The van der Waals surface area contributed by atoms with Gasteiger partial charge in [0.05, 0.1) is 0 Å². The van der Waals surface area contributed by atoms with E-state index in [1.54, 1.807) is 27.7 Å². The van der Waals surface area contributed by atoms with Gasteiger partial charge in [0.25, 0.3) is 0 Å². The minimum Gasteiger partial charge on any atom is -0.507 e. The van der Waals surface area contributed by atoms with E-state index < -0.39 is 0 Å². The number of hydrogen-bond donors (Lipinski definition) is 4. The van der Waals surface area contributed by atoms with Crippen LogP contribution in [0.5, 0.6) is 11.5 Å². The van der Waals surface area contributed by atoms with Gasteiger partial charge in [0.2, 0.25) is 0 Å². The van der Waals surface area contributed by atoms with Gasteiger partial charge in [0, 0.05) is 40.3 Å². The van der Waals surface area contributed by atoms with Crippen LogP contribution in [0.1, 0.15) is 91.5 Å². The predicted octanol–water partition coefficient (Wildman–Crippen LogP) is 6.06. The van der Waals surface area contributed by atoms with Crippen molar-refractivity contribution in [1.29, 1.82) is 0 Å². The molecule has 0 aliphatic heterocycles. The molecule has 0 unspecified atom stereocenters. The van der Waals surface area contributed by atoms with Crippen LogP contribution >= 0.6 is 0 Å². The van der Waals surface area contributed by atoms with Crippen LogP contribution in [0.3, 0.4) is 0 Å². The molecular formula is C27H44O4Ti. The van der Waals surface area contributed by atoms with Crippen molar-refractivity contribution in [2.24, 2.45) is 0 Å². The molecule has 0 radical (unpaired) electrons. The summed E-state index contributed by atoms with van der Waals surface area (Å²) in [6, 6.07) is 11.7. The summed E-state index contributed by atoms with van der Waals surface area (Å²) in [7, 11) is 0. The summed E-state index contributed by atoms with van der Waals surface area (Å²) < 4.78 is 0. The number of phenols is 2. The zero-order chi connectivity index (χ0) is 24.6. The van der Waals surface area contributed by atoms with Crippen molar-refractivity contribution in [2.75, 3.05) is 0 Å². The van der Waals surface area contributed by atoms with Gasteiger partial charge in [-0.15, -0.1) is 0 Å². The molecule has 0 spiro atoms. The topological polar surface area (TPSA) is 80.9 Å². The fourth-order valence-electron chi connectivity index (χ4n) is 2.88. The molecular weight excluding hydrogens is 436 g/mol. The molecule has 2 rings (SSSR count). The number of phenolic OH excluding ortho intramolecular Hbond substituents is 2. The van der Waals surface area contributed by atoms with Crippen LogP contribution in [-0.2, 0) is 39.0 Å². The molecule has 0 fully saturated rings. The first-order valence-electron chi connectivity index (χ1n) is 11.0. The third-order valence-electron chi connectivity index (χ3n) is 4.24. The number of aromatic hydroxyl groups is 2. The summed E-state index contributed by atoms with van der Waals surface area (Å²) in [5.41, 5.74) is 3.32. The Kier molecular flexibility index (Phi) is 14.4. The number of aliphatic hydroxyl groups is 2. The van der Waals surface area contributed by atoms with Crippen molar-refractivity contribution in [1.82, 2.24) is 0 Å². The molecule has 0 saturated carbocycles. The summed E-state index contributed by atoms with van der Waals surface area (Å²) in [5, 5.41) is 37.4. The van der Waals surface area contributed by atoms with Gasteiger partial charge in [-0.1, -0.05) is 77.9 Å². The first-order chi connectivity index (χ1) is 14.0. The molecule has 0 amide bonds. The van der Waals surface area contributed by atoms with Gasteiger partial charge in [-0.25, -0.2) is 0 Å². The first-order valence-corrected chi connectivity index (χ1v) is 11.0. The minimum atomic E-state index is -0.167. The zero-order valence-electron chi connectivity index (χ0n) is 21.6. The van der Waals surface area contributed by atoms with Crippen LogP contribution in [0.4, 0.5) is 0 Å². The maximum atomic E-state index is 10.6. The number of aliphatic hydroxyl groups excluding tert-OH is 2. The van der Waals surface area contributed by atoms with Gasteiger partial charge in [0.1, 0.15) is 11.5 Å². The maximum absolute atomic E-state index is 10.6. The number of para-hydroxylation sites is 2. The van der Waals surface area contributed by atoms with E-state index in [1.807, 2.05) is 36.4 Å². The molecule has 2 aromatic rings. The van der Waals surface area contributed by atoms with E-state index in [0.29, 0.717) is 17.9 Å². The molecule has 0 saturated heterocycles. The van der Waals surface area contributed by atoms with Crippen molar-refractivity contribution in [2.45, 2.75) is 98.7 Å². The fourth-order valence-corrected chi connectivity index (χ4v) is 2.88. The van der Waals surface area contributed by atoms with Crippen LogP contribution in [0, 0.1) is 0 Å². The Hall–Kier alpha value is -1.33. The standard InChI is InChI=1S/C21H28O2.2C3H8O.Ti/c1-20(2,3)16-11-7-9-14(18(16)22)13-15-10-8-12-17(19(15)23)21(4,5)6;2*1-3(2)4;/h7-12,22-23H,13H2,1-6H3;2*3-4H,1-2H3;. The van der Waals surface area contributed by atoms with Crippen molar-refractivity contribution in [3.63, 3.8) is 0 Å². The summed E-state index contributed by atoms with van der Waals surface area (Å²) in [6.07, 6.45) is 0.186. The smallest absolute Gasteiger partial charge is 0.122 e. The third kappa shape index (κ3) is 12.1. The summed E-state index contributed by atoms with van der Waals surface area (Å²) in [5.74, 6) is 0.668. The van der Waals surface area contributed by atoms with Crippen molar-refractivity contribution in [3.05, 3.63) is 58.7 Å². The Morgan fingerprint density at radius 3 is 1.09 bits per heavy atom. The van der Waals surface area contributed by atoms with E-state index in [-0.39, 0.29) is 44.8 Å². The Morgan fingerprint density at radius 1 is 0.625 bits per heavy atom. The molecule has 32 heavy (non-hydrogen) atoms. The van der Waals surface area contributed by atoms with Crippen molar-refractivity contribution < 1.29 is 42.1 Å². The second-order valence-corrected chi connectivity index (χ2v) is 10.5. The molecule has 0 heterocycles. The van der Waals surface area contributed by atoms with Crippen molar-refractivity contribution >= 4 is 0 Å². The number of benzene rings is 2. The molecule has 0 aliphatic carbocycles. The monoisotopic (exact) mass is 480 g/mol. The van der Waals surface area contributed by atoms with Gasteiger partial charge < -0.3 is 20.4 Å². The number of hydrogen-bond acceptors (Lipinski definition) is 4. The summed E-state index contributed by atoms with van der Waals surface area (Å²) in [6.45, 7) is 19.4. The molecule has 5 heteroatoms. The fraction of sp³-hybridized carbons (Fsp3) is 0.556. The van der Waals surface area contributed by atoms with Gasteiger partial charge in [-0.2, -0.15) is 0 Å². The van der Waals surface area contributed by atoms with Gasteiger partial charge in [0.15, 0.2) is 0 Å². The van der Waals surface area contributed by atoms with E-state index in [1.165, 1.54) is 0 Å². The van der Waals surface area contributed by atoms with Crippen LogP contribution in [0.15, 0.2) is 36.4 Å². The molecule has 180 valence electrons. The van der Waals surface area contributed by atoms with Crippen LogP contribution in [0.25, 0.3) is 0 Å². The molecule has 0 aliphatic rings. The molecule has 0 atom stereocenters. The van der Waals surface area contributed by atoms with E-state index in [0.717, 1.165) is 22.3 Å². The summed E-state index contributed by atoms with van der Waals surface area (Å²) >= 11 is 0. The van der Waals surface area contributed by atoms with E-state index in [9.17, 15) is 10.2 Å². The van der Waals surface area contributed by atoms with E-state index >= 15 is 0 Å². The van der Waals surface area contributed by atoms with Crippen LogP contribution in [-0.4, -0.2) is 32.6 Å². The van der Waals surface area contributed by atoms with Crippen LogP contribution in [0.2, 0.25) is 0 Å². The Morgan fingerprint density at radius 2 is 0.875 bits per heavy atom. The SMILES string of the molecule is CC(C)(C)c1cccc(Cc2cccc(C(C)(C)C)c2O)c1O.CC(C)O.CC(C)O.[Ti]. The van der Waals surface area contributed by atoms with E-state index in [4.69, 9.17) is 10.2 Å². The molecule has 0 bridgehead atoms. The average molecular weight is 481 g/mol. The predicted molar refractivity (Wildman–Crippen MR) is 131 cm³/mol. The van der Waals surface area contributed by atoms with Crippen molar-refractivity contribution in [3.8, 4) is 11.5 Å². The third-order valence-corrected chi connectivity index (χ3v) is 4.24. The Balaban J connectivity index is 0. The second-order valence-electron chi connectivity index (χ2n) is 10.5. The largest absolute Gasteiger partial charge is 0.507 e. The van der Waals surface area contributed by atoms with Gasteiger partial charge >= 0.3 is 0 Å². The quantitative estimate of drug-likeness (QED) is 0.394. The minimum absolute atomic E-state index is 0. The zero-order valence-corrected chi connectivity index (χ0v) is 23.2. The van der Waals surface area contributed by atoms with Crippen LogP contribution < -0.4 is 0 Å². The molecule has 4 N–H and O–H groups in total. The van der Waals surface area contributed by atoms with E-state index in [2.05, 4.69) is 41.5 Å². The Labute approximate surface area is 210 Å². The van der Waals surface area contributed by atoms with Gasteiger partial charge in [-0.05, 0) is 60.8 Å². The molecule has 2 aromatic carbocycles. The first kappa shape index (κ1) is 32.9. The molecule has 0 aromatic heterocycles. The average Bonchev–Trinajstić information content (AvgIpc) is 2.55. The normalized spacial score (nSPS) is 11.2. The second kappa shape index (κ2) is 14.0. The Bertz CT molecular complexity index is 727. The number of rotatable bonds is 2. The summed E-state index contributed by atoms with van der Waals surface area (Å²) in [4.78, 5) is 0. The maximum Gasteiger partial charge on any atom is 0.122 e.